The van der Waals surface area contributed by atoms with E-state index in [1.165, 1.54) is 4.90 Å². The lowest BCUT2D eigenvalue weighted by Crippen LogP contribution is -2.35. The molecule has 3 aromatic rings. The van der Waals surface area contributed by atoms with Gasteiger partial charge in [0.1, 0.15) is 29.9 Å². The number of piperidine rings is 1. The fourth-order valence-corrected chi connectivity index (χ4v) is 3.99. The molecule has 34 heavy (non-hydrogen) atoms. The third-order valence-electron chi connectivity index (χ3n) is 5.74. The summed E-state index contributed by atoms with van der Waals surface area (Å²) in [7, 11) is 2.14. The summed E-state index contributed by atoms with van der Waals surface area (Å²) in [4.78, 5) is 26.8. The van der Waals surface area contributed by atoms with Crippen molar-refractivity contribution in [1.29, 1.82) is 0 Å². The molecule has 2 N–H and O–H groups in total. The second-order valence-electron chi connectivity index (χ2n) is 7.96. The average molecular weight is 485 g/mol. The van der Waals surface area contributed by atoms with Crippen LogP contribution in [-0.2, 0) is 9.63 Å². The van der Waals surface area contributed by atoms with Gasteiger partial charge in [0.2, 0.25) is 5.88 Å². The summed E-state index contributed by atoms with van der Waals surface area (Å²) in [5.74, 6) is 5.93. The topological polar surface area (TPSA) is 108 Å². The molecule has 2 aromatic heterocycles. The van der Waals surface area contributed by atoms with Crippen LogP contribution in [0, 0.1) is 0 Å². The van der Waals surface area contributed by atoms with Gasteiger partial charge in [-0.15, -0.1) is 11.8 Å². The van der Waals surface area contributed by atoms with Crippen LogP contribution in [-0.4, -0.2) is 63.4 Å². The smallest absolute Gasteiger partial charge is 0.228 e. The molecule has 0 spiro atoms. The molecule has 4 rings (SSSR count). The SMILES string of the molecule is CC/C(C=O)=C(/C)ON.CSc1ccc(-n2ncc3c(OC4CCN(C)CC4)ncnc32)cc1. The number of carbonyl (C=O) groups is 1. The third kappa shape index (κ3) is 6.34. The Balaban J connectivity index is 0.000000309. The number of aromatic nitrogens is 4. The van der Waals surface area contributed by atoms with Crippen molar-refractivity contribution in [3.63, 3.8) is 0 Å². The predicted octanol–water partition coefficient (Wildman–Crippen LogP) is 3.77. The second-order valence-corrected chi connectivity index (χ2v) is 8.84. The largest absolute Gasteiger partial charge is 0.474 e. The van der Waals surface area contributed by atoms with Gasteiger partial charge in [0.05, 0.1) is 11.9 Å². The molecule has 0 atom stereocenters. The van der Waals surface area contributed by atoms with Gasteiger partial charge in [-0.3, -0.25) is 4.79 Å². The number of nitrogens with two attached hydrogens (primary N) is 1. The van der Waals surface area contributed by atoms with Crippen LogP contribution in [0.15, 0.2) is 53.0 Å². The van der Waals surface area contributed by atoms with Crippen LogP contribution < -0.4 is 10.6 Å². The molecule has 0 bridgehead atoms. The van der Waals surface area contributed by atoms with Crippen molar-refractivity contribution < 1.29 is 14.4 Å². The molecule has 1 saturated heterocycles. The molecule has 9 nitrogen and oxygen atoms in total. The molecule has 1 aromatic carbocycles. The number of likely N-dealkylation sites (tertiary alicyclic amines) is 1. The molecule has 1 fully saturated rings. The van der Waals surface area contributed by atoms with Gasteiger partial charge in [0.15, 0.2) is 5.65 Å². The normalized spacial score (nSPS) is 15.3. The first-order valence-corrected chi connectivity index (χ1v) is 12.4. The van der Waals surface area contributed by atoms with Gasteiger partial charge in [0, 0.05) is 23.6 Å². The summed E-state index contributed by atoms with van der Waals surface area (Å²) in [5, 5.41) is 5.36. The van der Waals surface area contributed by atoms with E-state index < -0.39 is 0 Å². The number of hydrogen-bond acceptors (Lipinski definition) is 9. The monoisotopic (exact) mass is 484 g/mol. The van der Waals surface area contributed by atoms with Crippen molar-refractivity contribution in [2.75, 3.05) is 26.4 Å². The molecule has 1 aliphatic rings. The van der Waals surface area contributed by atoms with E-state index in [1.807, 2.05) is 11.6 Å². The van der Waals surface area contributed by atoms with Crippen LogP contribution in [0.25, 0.3) is 16.7 Å². The summed E-state index contributed by atoms with van der Waals surface area (Å²) in [5.41, 5.74) is 2.36. The van der Waals surface area contributed by atoms with Gasteiger partial charge in [-0.05, 0) is 63.8 Å². The number of hydrogen-bond donors (Lipinski definition) is 1. The third-order valence-corrected chi connectivity index (χ3v) is 6.49. The molecule has 10 heteroatoms. The van der Waals surface area contributed by atoms with E-state index in [-0.39, 0.29) is 6.10 Å². The van der Waals surface area contributed by atoms with Crippen molar-refractivity contribution in [1.82, 2.24) is 24.6 Å². The van der Waals surface area contributed by atoms with Gasteiger partial charge >= 0.3 is 0 Å². The minimum absolute atomic E-state index is 0.207. The summed E-state index contributed by atoms with van der Waals surface area (Å²) in [6, 6.07) is 8.28. The van der Waals surface area contributed by atoms with Gasteiger partial charge in [-0.2, -0.15) is 11.0 Å². The fourth-order valence-electron chi connectivity index (χ4n) is 3.58. The Bertz CT molecular complexity index is 1110. The van der Waals surface area contributed by atoms with Crippen LogP contribution in [0.4, 0.5) is 0 Å². The number of benzene rings is 1. The number of carbonyl (C=O) groups excluding carboxylic acids is 1. The van der Waals surface area contributed by atoms with Crippen molar-refractivity contribution in [3.05, 3.63) is 48.1 Å². The van der Waals surface area contributed by atoms with Crippen LogP contribution >= 0.6 is 11.8 Å². The zero-order valence-electron chi connectivity index (χ0n) is 20.1. The average Bonchev–Trinajstić information content (AvgIpc) is 3.31. The molecular weight excluding hydrogens is 452 g/mol. The Morgan fingerprint density at radius 3 is 2.50 bits per heavy atom. The van der Waals surface area contributed by atoms with Crippen molar-refractivity contribution >= 4 is 29.1 Å². The van der Waals surface area contributed by atoms with Crippen LogP contribution in [0.3, 0.4) is 0 Å². The fraction of sp³-hybridized carbons (Fsp3) is 0.417. The van der Waals surface area contributed by atoms with E-state index in [1.54, 1.807) is 31.2 Å². The number of allylic oxidation sites excluding steroid dienone is 2. The Morgan fingerprint density at radius 1 is 1.24 bits per heavy atom. The molecule has 0 radical (unpaired) electrons. The minimum Gasteiger partial charge on any atom is -0.474 e. The number of rotatable bonds is 7. The number of fused-ring (bicyclic) bond motifs is 1. The Kier molecular flexibility index (Phi) is 9.43. The summed E-state index contributed by atoms with van der Waals surface area (Å²) in [6.45, 7) is 5.64. The van der Waals surface area contributed by atoms with Gasteiger partial charge in [-0.1, -0.05) is 6.92 Å². The van der Waals surface area contributed by atoms with Gasteiger partial charge in [-0.25, -0.2) is 14.6 Å². The zero-order chi connectivity index (χ0) is 24.5. The molecule has 3 heterocycles. The highest BCUT2D eigenvalue weighted by atomic mass is 32.2. The second kappa shape index (κ2) is 12.5. The quantitative estimate of drug-likeness (QED) is 0.176. The predicted molar refractivity (Wildman–Crippen MR) is 134 cm³/mol. The maximum Gasteiger partial charge on any atom is 0.228 e. The van der Waals surface area contributed by atoms with Crippen molar-refractivity contribution in [3.8, 4) is 11.6 Å². The highest BCUT2D eigenvalue weighted by molar-refractivity contribution is 7.98. The summed E-state index contributed by atoms with van der Waals surface area (Å²) < 4.78 is 8.00. The number of ether oxygens (including phenoxy) is 1. The van der Waals surface area contributed by atoms with E-state index >= 15 is 0 Å². The summed E-state index contributed by atoms with van der Waals surface area (Å²) >= 11 is 1.72. The maximum absolute atomic E-state index is 10.1. The lowest BCUT2D eigenvalue weighted by Gasteiger charge is -2.28. The van der Waals surface area contributed by atoms with Gasteiger partial charge in [0.25, 0.3) is 0 Å². The van der Waals surface area contributed by atoms with E-state index in [2.05, 4.69) is 62.4 Å². The zero-order valence-corrected chi connectivity index (χ0v) is 20.9. The molecule has 0 amide bonds. The highest BCUT2D eigenvalue weighted by Gasteiger charge is 2.20. The molecule has 182 valence electrons. The molecule has 1 aliphatic heterocycles. The Morgan fingerprint density at radius 2 is 1.94 bits per heavy atom. The van der Waals surface area contributed by atoms with E-state index in [9.17, 15) is 4.79 Å². The molecule has 0 unspecified atom stereocenters. The maximum atomic E-state index is 10.1. The molecular formula is C24H32N6O3S. The van der Waals surface area contributed by atoms with E-state index in [0.29, 0.717) is 23.6 Å². The van der Waals surface area contributed by atoms with Gasteiger partial charge < -0.3 is 14.5 Å². The standard InChI is InChI=1S/C18H21N5OS.C6H11NO2/c1-22-9-7-14(8-10-22)24-18-16-11-21-23(17(16)19-12-20-18)13-3-5-15(25-2)6-4-13;1-3-6(4-8)5(2)9-7/h3-6,11-12,14H,7-10H2,1-2H3;4H,3,7H2,1-2H3/b;6-5+. The van der Waals surface area contributed by atoms with Crippen molar-refractivity contribution in [2.45, 2.75) is 44.1 Å². The van der Waals surface area contributed by atoms with E-state index in [0.717, 1.165) is 48.9 Å². The minimum atomic E-state index is 0.207. The van der Waals surface area contributed by atoms with E-state index in [4.69, 9.17) is 10.6 Å². The van der Waals surface area contributed by atoms with Crippen molar-refractivity contribution in [2.24, 2.45) is 5.90 Å². The summed E-state index contributed by atoms with van der Waals surface area (Å²) in [6.07, 6.45) is 9.08. The first-order valence-electron chi connectivity index (χ1n) is 11.2. The van der Waals surface area contributed by atoms with Crippen LogP contribution in [0.5, 0.6) is 5.88 Å². The lowest BCUT2D eigenvalue weighted by molar-refractivity contribution is -0.105. The van der Waals surface area contributed by atoms with Crippen LogP contribution in [0.2, 0.25) is 0 Å². The number of nitrogens with zero attached hydrogens (tertiary/aromatic N) is 5. The first-order chi connectivity index (χ1) is 16.5. The number of thioether (sulfide) groups is 1. The Labute approximate surface area is 204 Å². The Hall–Kier alpha value is -2.95. The molecule has 0 aliphatic carbocycles. The molecule has 0 saturated carbocycles. The lowest BCUT2D eigenvalue weighted by atomic mass is 10.1. The number of aldehydes is 1. The van der Waals surface area contributed by atoms with Crippen LogP contribution in [0.1, 0.15) is 33.1 Å². The highest BCUT2D eigenvalue weighted by Crippen LogP contribution is 2.26. The first kappa shape index (κ1) is 25.7.